The van der Waals surface area contributed by atoms with E-state index in [1.165, 1.54) is 6.07 Å². The molecule has 0 amide bonds. The third-order valence-electron chi connectivity index (χ3n) is 2.70. The van der Waals surface area contributed by atoms with Crippen LogP contribution in [0.2, 0.25) is 5.02 Å². The van der Waals surface area contributed by atoms with Crippen LogP contribution < -0.4 is 5.32 Å². The molecule has 2 rings (SSSR count). The summed E-state index contributed by atoms with van der Waals surface area (Å²) in [6.07, 6.45) is -1.00. The summed E-state index contributed by atoms with van der Waals surface area (Å²) in [7, 11) is 0. The van der Waals surface area contributed by atoms with Gasteiger partial charge in [-0.2, -0.15) is 13.2 Å². The second-order valence-electron chi connectivity index (χ2n) is 4.50. The number of halogens is 4. The maximum Gasteiger partial charge on any atom is 0.416 e. The van der Waals surface area contributed by atoms with E-state index in [2.05, 4.69) is 16.9 Å². The van der Waals surface area contributed by atoms with Gasteiger partial charge in [-0.05, 0) is 25.1 Å². The Morgan fingerprint density at radius 2 is 2.10 bits per heavy atom. The minimum atomic E-state index is -4.45. The number of hydrogen-bond donors (Lipinski definition) is 1. The van der Waals surface area contributed by atoms with Crippen molar-refractivity contribution in [1.29, 1.82) is 0 Å². The Bertz CT molecular complexity index is 662. The highest BCUT2D eigenvalue weighted by Crippen LogP contribution is 2.34. The quantitative estimate of drug-likeness (QED) is 0.822. The average molecular weight is 316 g/mol. The fourth-order valence-electron chi connectivity index (χ4n) is 1.88. The Morgan fingerprint density at radius 3 is 2.71 bits per heavy atom. The van der Waals surface area contributed by atoms with Gasteiger partial charge in [-0.15, -0.1) is 6.58 Å². The second-order valence-corrected chi connectivity index (χ2v) is 4.93. The van der Waals surface area contributed by atoms with Crippen molar-refractivity contribution in [2.45, 2.75) is 19.6 Å². The SMILES string of the molecule is C=CCn1cc(C)nc1Nc1cc(Cl)cc(C(F)(F)F)c1. The lowest BCUT2D eigenvalue weighted by Crippen LogP contribution is -2.07. The first-order chi connectivity index (χ1) is 9.79. The molecule has 1 aromatic heterocycles. The van der Waals surface area contributed by atoms with Crippen molar-refractivity contribution in [1.82, 2.24) is 9.55 Å². The standard InChI is InChI=1S/C14H13ClF3N3/c1-3-4-21-8-9(2)19-13(21)20-12-6-10(14(16,17)18)5-11(15)7-12/h3,5-8H,1,4H2,2H3,(H,19,20). The van der Waals surface area contributed by atoms with Crippen molar-refractivity contribution in [3.8, 4) is 0 Å². The largest absolute Gasteiger partial charge is 0.416 e. The van der Waals surface area contributed by atoms with Crippen LogP contribution in [0.3, 0.4) is 0 Å². The van der Waals surface area contributed by atoms with Crippen LogP contribution in [0.4, 0.5) is 24.8 Å². The summed E-state index contributed by atoms with van der Waals surface area (Å²) >= 11 is 5.75. The zero-order chi connectivity index (χ0) is 15.6. The van der Waals surface area contributed by atoms with Gasteiger partial charge >= 0.3 is 6.18 Å². The molecule has 0 aliphatic heterocycles. The lowest BCUT2D eigenvalue weighted by Gasteiger charge is -2.12. The highest BCUT2D eigenvalue weighted by Gasteiger charge is 2.31. The van der Waals surface area contributed by atoms with Crippen molar-refractivity contribution in [3.63, 3.8) is 0 Å². The Labute approximate surface area is 125 Å². The minimum absolute atomic E-state index is 0.00544. The van der Waals surface area contributed by atoms with E-state index >= 15 is 0 Å². The van der Waals surface area contributed by atoms with Crippen molar-refractivity contribution in [2.75, 3.05) is 5.32 Å². The van der Waals surface area contributed by atoms with Crippen molar-refractivity contribution >= 4 is 23.2 Å². The third kappa shape index (κ3) is 3.78. The predicted octanol–water partition coefficient (Wildman–Crippen LogP) is 4.79. The molecule has 0 fully saturated rings. The fraction of sp³-hybridized carbons (Fsp3) is 0.214. The van der Waals surface area contributed by atoms with Crippen LogP contribution in [0.1, 0.15) is 11.3 Å². The van der Waals surface area contributed by atoms with Crippen LogP contribution in [0.5, 0.6) is 0 Å². The molecule has 0 saturated carbocycles. The number of hydrogen-bond acceptors (Lipinski definition) is 2. The van der Waals surface area contributed by atoms with E-state index in [0.29, 0.717) is 12.5 Å². The first-order valence-electron chi connectivity index (χ1n) is 6.09. The Kier molecular flexibility index (Phi) is 4.27. The Hall–Kier alpha value is -1.95. The molecule has 0 aliphatic carbocycles. The molecule has 1 aromatic carbocycles. The summed E-state index contributed by atoms with van der Waals surface area (Å²) in [5.74, 6) is 0.433. The average Bonchev–Trinajstić information content (AvgIpc) is 2.68. The molecule has 112 valence electrons. The number of nitrogens with one attached hydrogen (secondary N) is 1. The first kappa shape index (κ1) is 15.4. The predicted molar refractivity (Wildman–Crippen MR) is 76.9 cm³/mol. The molecule has 21 heavy (non-hydrogen) atoms. The van der Waals surface area contributed by atoms with Crippen molar-refractivity contribution in [3.05, 3.63) is 53.3 Å². The van der Waals surface area contributed by atoms with Crippen LogP contribution in [0.15, 0.2) is 37.1 Å². The smallest absolute Gasteiger partial charge is 0.326 e. The lowest BCUT2D eigenvalue weighted by atomic mass is 10.2. The van der Waals surface area contributed by atoms with Gasteiger partial charge in [-0.1, -0.05) is 17.7 Å². The highest BCUT2D eigenvalue weighted by atomic mass is 35.5. The number of rotatable bonds is 4. The van der Waals surface area contributed by atoms with Crippen LogP contribution in [0, 0.1) is 6.92 Å². The van der Waals surface area contributed by atoms with E-state index < -0.39 is 11.7 Å². The molecule has 0 unspecified atom stereocenters. The molecular weight excluding hydrogens is 303 g/mol. The Morgan fingerprint density at radius 1 is 1.38 bits per heavy atom. The number of aryl methyl sites for hydroxylation is 1. The van der Waals surface area contributed by atoms with Gasteiger partial charge in [0.1, 0.15) is 0 Å². The van der Waals surface area contributed by atoms with Crippen LogP contribution in [-0.4, -0.2) is 9.55 Å². The Balaban J connectivity index is 2.35. The summed E-state index contributed by atoms with van der Waals surface area (Å²) in [4.78, 5) is 4.23. The summed E-state index contributed by atoms with van der Waals surface area (Å²) in [5.41, 5.74) is 0.166. The summed E-state index contributed by atoms with van der Waals surface area (Å²) in [6, 6.07) is 3.29. The molecule has 7 heteroatoms. The molecule has 0 aliphatic rings. The van der Waals surface area contributed by atoms with Gasteiger partial charge in [0, 0.05) is 23.5 Å². The summed E-state index contributed by atoms with van der Waals surface area (Å²) in [6.45, 7) is 5.92. The van der Waals surface area contributed by atoms with E-state index in [0.717, 1.165) is 17.8 Å². The van der Waals surface area contributed by atoms with E-state index in [-0.39, 0.29) is 10.7 Å². The minimum Gasteiger partial charge on any atom is -0.326 e. The third-order valence-corrected chi connectivity index (χ3v) is 2.92. The molecule has 0 saturated heterocycles. The molecule has 1 N–H and O–H groups in total. The van der Waals surface area contributed by atoms with Crippen molar-refractivity contribution in [2.24, 2.45) is 0 Å². The van der Waals surface area contributed by atoms with Gasteiger partial charge in [0.2, 0.25) is 5.95 Å². The van der Waals surface area contributed by atoms with Crippen LogP contribution in [-0.2, 0) is 12.7 Å². The van der Waals surface area contributed by atoms with Crippen LogP contribution >= 0.6 is 11.6 Å². The molecule has 2 aromatic rings. The van der Waals surface area contributed by atoms with Gasteiger partial charge in [0.25, 0.3) is 0 Å². The second kappa shape index (κ2) is 5.81. The van der Waals surface area contributed by atoms with Crippen LogP contribution in [0.25, 0.3) is 0 Å². The normalized spacial score (nSPS) is 11.5. The zero-order valence-corrected chi connectivity index (χ0v) is 12.0. The van der Waals surface area contributed by atoms with Gasteiger partial charge in [-0.3, -0.25) is 0 Å². The number of allylic oxidation sites excluding steroid dienone is 1. The van der Waals surface area contributed by atoms with E-state index in [4.69, 9.17) is 11.6 Å². The molecular formula is C14H13ClF3N3. The van der Waals surface area contributed by atoms with E-state index in [1.54, 1.807) is 23.8 Å². The molecule has 0 atom stereocenters. The number of anilines is 2. The van der Waals surface area contributed by atoms with Gasteiger partial charge in [0.15, 0.2) is 0 Å². The van der Waals surface area contributed by atoms with E-state index in [1.807, 2.05) is 0 Å². The zero-order valence-electron chi connectivity index (χ0n) is 11.2. The fourth-order valence-corrected chi connectivity index (χ4v) is 2.11. The maximum atomic E-state index is 12.8. The number of aromatic nitrogens is 2. The number of imidazole rings is 1. The number of benzene rings is 1. The molecule has 0 spiro atoms. The van der Waals surface area contributed by atoms with Gasteiger partial charge in [0.05, 0.1) is 11.3 Å². The molecule has 0 bridgehead atoms. The van der Waals surface area contributed by atoms with Gasteiger partial charge in [-0.25, -0.2) is 4.98 Å². The number of nitrogens with zero attached hydrogens (tertiary/aromatic N) is 2. The molecule has 0 radical (unpaired) electrons. The maximum absolute atomic E-state index is 12.8. The summed E-state index contributed by atoms with van der Waals surface area (Å²) < 4.78 is 40.1. The molecule has 3 nitrogen and oxygen atoms in total. The lowest BCUT2D eigenvalue weighted by molar-refractivity contribution is -0.137. The monoisotopic (exact) mass is 315 g/mol. The topological polar surface area (TPSA) is 29.9 Å². The molecule has 1 heterocycles. The first-order valence-corrected chi connectivity index (χ1v) is 6.47. The summed E-state index contributed by atoms with van der Waals surface area (Å²) in [5, 5.41) is 2.86. The van der Waals surface area contributed by atoms with E-state index in [9.17, 15) is 13.2 Å². The van der Waals surface area contributed by atoms with Gasteiger partial charge < -0.3 is 9.88 Å². The highest BCUT2D eigenvalue weighted by molar-refractivity contribution is 6.31. The van der Waals surface area contributed by atoms with Crippen molar-refractivity contribution < 1.29 is 13.2 Å². The number of alkyl halides is 3.